The Hall–Kier alpha value is -1.55. The third-order valence-electron chi connectivity index (χ3n) is 3.32. The van der Waals surface area contributed by atoms with Gasteiger partial charge in [0.2, 0.25) is 5.91 Å². The van der Waals surface area contributed by atoms with Gasteiger partial charge in [-0.25, -0.2) is 9.69 Å². The lowest BCUT2D eigenvalue weighted by molar-refractivity contribution is -0.127. The molecule has 0 spiro atoms. The van der Waals surface area contributed by atoms with Gasteiger partial charge in [0, 0.05) is 0 Å². The van der Waals surface area contributed by atoms with Gasteiger partial charge in [0.1, 0.15) is 11.5 Å². The summed E-state index contributed by atoms with van der Waals surface area (Å²) in [6, 6.07) is 9.35. The van der Waals surface area contributed by atoms with Crippen molar-refractivity contribution in [3.8, 4) is 0 Å². The average molecular weight is 282 g/mol. The minimum absolute atomic E-state index is 0.226. The smallest absolute Gasteiger partial charge is 0.417 e. The highest BCUT2D eigenvalue weighted by atomic mass is 35.5. The highest BCUT2D eigenvalue weighted by Gasteiger charge is 2.50. The van der Waals surface area contributed by atoms with E-state index < -0.39 is 17.6 Å². The lowest BCUT2D eigenvalue weighted by atomic mass is 9.92. The standard InChI is InChI=1S/C14H16ClNO3/c1-14(2)11(8-10-6-4-3-5-7-10)16(12(17)9-15)13(18)19-14/h3-7,11H,8-9H2,1-2H3/t11-/m1/s1. The molecule has 0 N–H and O–H groups in total. The molecule has 1 aliphatic rings. The molecule has 1 heterocycles. The number of rotatable bonds is 3. The van der Waals surface area contributed by atoms with Crippen LogP contribution < -0.4 is 0 Å². The molecule has 0 unspecified atom stereocenters. The molecule has 0 saturated carbocycles. The Morgan fingerprint density at radius 3 is 2.58 bits per heavy atom. The van der Waals surface area contributed by atoms with Crippen LogP contribution in [-0.4, -0.2) is 34.4 Å². The predicted octanol–water partition coefficient (Wildman–Crippen LogP) is 2.59. The second-order valence-corrected chi connectivity index (χ2v) is 5.34. The Bertz CT molecular complexity index is 487. The fourth-order valence-corrected chi connectivity index (χ4v) is 2.42. The zero-order chi connectivity index (χ0) is 14.0. The number of imide groups is 1. The van der Waals surface area contributed by atoms with Gasteiger partial charge in [-0.2, -0.15) is 0 Å². The third-order valence-corrected chi connectivity index (χ3v) is 3.54. The topological polar surface area (TPSA) is 46.6 Å². The Balaban J connectivity index is 2.28. The molecule has 1 atom stereocenters. The van der Waals surface area contributed by atoms with Crippen LogP contribution in [0.25, 0.3) is 0 Å². The first kappa shape index (κ1) is 13.9. The maximum absolute atomic E-state index is 11.8. The van der Waals surface area contributed by atoms with Gasteiger partial charge in [-0.15, -0.1) is 11.6 Å². The molecule has 4 nitrogen and oxygen atoms in total. The number of cyclic esters (lactones) is 1. The van der Waals surface area contributed by atoms with Gasteiger partial charge in [0.25, 0.3) is 0 Å². The lowest BCUT2D eigenvalue weighted by Gasteiger charge is -2.27. The summed E-state index contributed by atoms with van der Waals surface area (Å²) < 4.78 is 5.28. The highest BCUT2D eigenvalue weighted by Crippen LogP contribution is 2.32. The number of ether oxygens (including phenoxy) is 1. The SMILES string of the molecule is CC1(C)OC(=O)N(C(=O)CCl)[C@@H]1Cc1ccccc1. The van der Waals surface area contributed by atoms with E-state index in [1.165, 1.54) is 0 Å². The summed E-state index contributed by atoms with van der Waals surface area (Å²) in [5.41, 5.74) is 0.334. The van der Waals surface area contributed by atoms with E-state index in [4.69, 9.17) is 16.3 Å². The van der Waals surface area contributed by atoms with E-state index >= 15 is 0 Å². The molecule has 0 aliphatic carbocycles. The minimum atomic E-state index is -0.714. The van der Waals surface area contributed by atoms with Crippen LogP contribution in [0.3, 0.4) is 0 Å². The number of alkyl halides is 1. The first-order valence-corrected chi connectivity index (χ1v) is 6.64. The van der Waals surface area contributed by atoms with E-state index in [0.717, 1.165) is 10.5 Å². The number of benzene rings is 1. The van der Waals surface area contributed by atoms with Crippen molar-refractivity contribution in [1.29, 1.82) is 0 Å². The molecular weight excluding hydrogens is 266 g/mol. The first-order valence-electron chi connectivity index (χ1n) is 6.10. The molecule has 5 heteroatoms. The van der Waals surface area contributed by atoms with Crippen molar-refractivity contribution in [2.75, 3.05) is 5.88 Å². The van der Waals surface area contributed by atoms with Gasteiger partial charge >= 0.3 is 6.09 Å². The molecule has 2 rings (SSSR count). The normalized spacial score (nSPS) is 21.3. The summed E-state index contributed by atoms with van der Waals surface area (Å²) in [4.78, 5) is 24.8. The number of hydrogen-bond donors (Lipinski definition) is 0. The first-order chi connectivity index (χ1) is 8.95. The van der Waals surface area contributed by atoms with Crippen LogP contribution in [0.2, 0.25) is 0 Å². The Labute approximate surface area is 117 Å². The summed E-state index contributed by atoms with van der Waals surface area (Å²) in [6.45, 7) is 3.61. The number of carbonyl (C=O) groups excluding carboxylic acids is 2. The molecule has 1 saturated heterocycles. The molecule has 102 valence electrons. The Morgan fingerprint density at radius 2 is 2.00 bits per heavy atom. The molecule has 2 amide bonds. The van der Waals surface area contributed by atoms with Crippen molar-refractivity contribution in [3.63, 3.8) is 0 Å². The number of halogens is 1. The molecule has 1 aromatic rings. The summed E-state index contributed by atoms with van der Waals surface area (Å²) >= 11 is 5.56. The molecule has 1 aromatic carbocycles. The summed E-state index contributed by atoms with van der Waals surface area (Å²) in [5, 5.41) is 0. The molecule has 1 aliphatic heterocycles. The van der Waals surface area contributed by atoms with Crippen molar-refractivity contribution in [3.05, 3.63) is 35.9 Å². The van der Waals surface area contributed by atoms with Gasteiger partial charge in [0.15, 0.2) is 0 Å². The molecular formula is C14H16ClNO3. The van der Waals surface area contributed by atoms with E-state index in [0.29, 0.717) is 6.42 Å². The number of nitrogens with zero attached hydrogens (tertiary/aromatic N) is 1. The van der Waals surface area contributed by atoms with Crippen LogP contribution in [0.15, 0.2) is 30.3 Å². The van der Waals surface area contributed by atoms with Crippen LogP contribution in [-0.2, 0) is 16.0 Å². The summed E-state index contributed by atoms with van der Waals surface area (Å²) in [6.07, 6.45) is -0.0565. The van der Waals surface area contributed by atoms with Crippen LogP contribution >= 0.6 is 11.6 Å². The lowest BCUT2D eigenvalue weighted by Crippen LogP contribution is -2.46. The zero-order valence-corrected chi connectivity index (χ0v) is 11.7. The van der Waals surface area contributed by atoms with Gasteiger partial charge in [-0.1, -0.05) is 30.3 Å². The Kier molecular flexibility index (Phi) is 3.80. The molecule has 19 heavy (non-hydrogen) atoms. The molecule has 0 bridgehead atoms. The number of carbonyl (C=O) groups is 2. The predicted molar refractivity (Wildman–Crippen MR) is 72.1 cm³/mol. The number of amides is 2. The van der Waals surface area contributed by atoms with Gasteiger partial charge < -0.3 is 4.74 Å². The maximum Gasteiger partial charge on any atom is 0.417 e. The molecule has 0 aromatic heterocycles. The van der Waals surface area contributed by atoms with E-state index in [9.17, 15) is 9.59 Å². The highest BCUT2D eigenvalue weighted by molar-refractivity contribution is 6.28. The second-order valence-electron chi connectivity index (χ2n) is 5.07. The fraction of sp³-hybridized carbons (Fsp3) is 0.429. The van der Waals surface area contributed by atoms with Crippen molar-refractivity contribution in [2.45, 2.75) is 31.9 Å². The Morgan fingerprint density at radius 1 is 1.37 bits per heavy atom. The zero-order valence-electron chi connectivity index (χ0n) is 10.9. The van der Waals surface area contributed by atoms with Crippen LogP contribution in [0, 0.1) is 0 Å². The summed E-state index contributed by atoms with van der Waals surface area (Å²) in [7, 11) is 0. The third kappa shape index (κ3) is 2.73. The minimum Gasteiger partial charge on any atom is -0.441 e. The van der Waals surface area contributed by atoms with Crippen LogP contribution in [0.1, 0.15) is 19.4 Å². The van der Waals surface area contributed by atoms with Crippen LogP contribution in [0.4, 0.5) is 4.79 Å². The van der Waals surface area contributed by atoms with Crippen molar-refractivity contribution in [1.82, 2.24) is 4.90 Å². The van der Waals surface area contributed by atoms with E-state index in [2.05, 4.69) is 0 Å². The van der Waals surface area contributed by atoms with Gasteiger partial charge in [-0.05, 0) is 25.8 Å². The molecule has 0 radical (unpaired) electrons. The van der Waals surface area contributed by atoms with E-state index in [-0.39, 0.29) is 11.9 Å². The van der Waals surface area contributed by atoms with Crippen molar-refractivity contribution < 1.29 is 14.3 Å². The average Bonchev–Trinajstić information content (AvgIpc) is 2.59. The number of hydrogen-bond acceptors (Lipinski definition) is 3. The fourth-order valence-electron chi connectivity index (χ4n) is 2.29. The monoisotopic (exact) mass is 281 g/mol. The van der Waals surface area contributed by atoms with E-state index in [1.54, 1.807) is 13.8 Å². The second kappa shape index (κ2) is 5.21. The van der Waals surface area contributed by atoms with Crippen LogP contribution in [0.5, 0.6) is 0 Å². The maximum atomic E-state index is 11.8. The summed E-state index contributed by atoms with van der Waals surface area (Å²) in [5.74, 6) is -0.644. The molecule has 1 fully saturated rings. The van der Waals surface area contributed by atoms with Gasteiger partial charge in [0.05, 0.1) is 6.04 Å². The quantitative estimate of drug-likeness (QED) is 0.800. The largest absolute Gasteiger partial charge is 0.441 e. The van der Waals surface area contributed by atoms with Crippen molar-refractivity contribution >= 4 is 23.6 Å². The van der Waals surface area contributed by atoms with E-state index in [1.807, 2.05) is 30.3 Å². The van der Waals surface area contributed by atoms with Crippen molar-refractivity contribution in [2.24, 2.45) is 0 Å². The van der Waals surface area contributed by atoms with Gasteiger partial charge in [-0.3, -0.25) is 4.79 Å².